The minimum Gasteiger partial charge on any atom is -0.464 e. The molecule has 0 amide bonds. The number of anilines is 1. The number of nitrogens with two attached hydrogens (primary N) is 1. The first-order valence-corrected chi connectivity index (χ1v) is 10.9. The Bertz CT molecular complexity index is 952. The molecule has 0 saturated heterocycles. The van der Waals surface area contributed by atoms with E-state index in [9.17, 15) is 14.0 Å². The maximum Gasteiger partial charge on any atom is 0.360 e. The highest BCUT2D eigenvalue weighted by Gasteiger charge is 2.22. The van der Waals surface area contributed by atoms with Crippen molar-refractivity contribution in [1.82, 2.24) is 9.78 Å². The highest BCUT2D eigenvalue weighted by molar-refractivity contribution is 6.83. The van der Waals surface area contributed by atoms with E-state index in [0.29, 0.717) is 0 Å². The molecule has 1 aromatic carbocycles. The fraction of sp³-hybridized carbons (Fsp3) is 0.235. The molecule has 0 bridgehead atoms. The monoisotopic (exact) mass is 359 g/mol. The first-order valence-electron chi connectivity index (χ1n) is 7.45. The highest BCUT2D eigenvalue weighted by Crippen LogP contribution is 2.16. The summed E-state index contributed by atoms with van der Waals surface area (Å²) in [5.74, 6) is 1.25. The second kappa shape index (κ2) is 6.90. The van der Waals surface area contributed by atoms with Crippen LogP contribution < -0.4 is 11.3 Å². The molecule has 0 radical (unpaired) electrons. The van der Waals surface area contributed by atoms with Crippen LogP contribution in [0.4, 0.5) is 10.1 Å². The molecule has 0 aliphatic heterocycles. The fourth-order valence-corrected chi connectivity index (χ4v) is 2.44. The van der Waals surface area contributed by atoms with Crippen molar-refractivity contribution in [3.63, 3.8) is 0 Å². The first kappa shape index (κ1) is 18.4. The summed E-state index contributed by atoms with van der Waals surface area (Å²) in [7, 11) is -0.660. The number of carbonyl (C=O) groups excluding carboxylic acids is 1. The molecule has 0 saturated carbocycles. The normalized spacial score (nSPS) is 10.8. The number of ether oxygens (including phenoxy) is 1. The summed E-state index contributed by atoms with van der Waals surface area (Å²) < 4.78 is 19.5. The van der Waals surface area contributed by atoms with Gasteiger partial charge in [0.15, 0.2) is 5.69 Å². The zero-order valence-corrected chi connectivity index (χ0v) is 15.4. The van der Waals surface area contributed by atoms with Gasteiger partial charge in [0.1, 0.15) is 25.1 Å². The van der Waals surface area contributed by atoms with Crippen LogP contribution in [0.1, 0.15) is 16.1 Å². The largest absolute Gasteiger partial charge is 0.464 e. The van der Waals surface area contributed by atoms with E-state index >= 15 is 0 Å². The van der Waals surface area contributed by atoms with Crippen LogP contribution in [0.3, 0.4) is 0 Å². The van der Waals surface area contributed by atoms with E-state index in [0.717, 1.165) is 11.8 Å². The van der Waals surface area contributed by atoms with Crippen molar-refractivity contribution in [2.24, 2.45) is 0 Å². The predicted molar refractivity (Wildman–Crippen MR) is 95.8 cm³/mol. The number of para-hydroxylation sites is 1. The number of carbonyl (C=O) groups is 1. The maximum atomic E-state index is 14.1. The SMILES string of the molecule is COC(=O)c1nn(-c2ccccc2F)c(=O)c(C#C[Si](C)(C)C)c1N. The summed E-state index contributed by atoms with van der Waals surface area (Å²) in [5, 5.41) is 3.89. The molecule has 2 N–H and O–H groups in total. The van der Waals surface area contributed by atoms with Gasteiger partial charge in [0.25, 0.3) is 5.56 Å². The van der Waals surface area contributed by atoms with Gasteiger partial charge >= 0.3 is 5.97 Å². The molecule has 0 atom stereocenters. The standard InChI is InChI=1S/C17H18FN3O3Si/c1-24-17(23)15-14(19)11(9-10-25(2,3)4)16(22)21(20-15)13-8-6-5-7-12(13)18/h5-8H,19H2,1-4H3. The van der Waals surface area contributed by atoms with Crippen LogP contribution in [-0.4, -0.2) is 30.9 Å². The number of methoxy groups -OCH3 is 1. The van der Waals surface area contributed by atoms with E-state index in [1.54, 1.807) is 6.07 Å². The second-order valence-electron chi connectivity index (χ2n) is 6.30. The van der Waals surface area contributed by atoms with Crippen molar-refractivity contribution in [2.45, 2.75) is 19.6 Å². The number of nitrogen functional groups attached to an aromatic ring is 1. The Morgan fingerprint density at radius 1 is 1.32 bits per heavy atom. The van der Waals surface area contributed by atoms with Crippen LogP contribution in [0.2, 0.25) is 19.6 Å². The quantitative estimate of drug-likeness (QED) is 0.503. The lowest BCUT2D eigenvalue weighted by Crippen LogP contribution is -2.29. The number of rotatable bonds is 2. The molecular formula is C17H18FN3O3Si. The number of hydrogen-bond acceptors (Lipinski definition) is 5. The van der Waals surface area contributed by atoms with Crippen molar-refractivity contribution in [2.75, 3.05) is 12.8 Å². The van der Waals surface area contributed by atoms with Crippen LogP contribution in [-0.2, 0) is 4.74 Å². The van der Waals surface area contributed by atoms with Gasteiger partial charge in [-0.25, -0.2) is 9.18 Å². The Hall–Kier alpha value is -2.92. The summed E-state index contributed by atoms with van der Waals surface area (Å²) in [6, 6.07) is 5.59. The minimum atomic E-state index is -1.82. The highest BCUT2D eigenvalue weighted by atomic mass is 28.3. The first-order chi connectivity index (χ1) is 11.7. The molecule has 2 aromatic rings. The van der Waals surface area contributed by atoms with E-state index in [1.807, 2.05) is 19.6 Å². The summed E-state index contributed by atoms with van der Waals surface area (Å²) in [6.07, 6.45) is 0. The molecule has 8 heteroatoms. The van der Waals surface area contributed by atoms with Gasteiger partial charge in [-0.1, -0.05) is 37.7 Å². The second-order valence-corrected chi connectivity index (χ2v) is 11.0. The molecule has 25 heavy (non-hydrogen) atoms. The van der Waals surface area contributed by atoms with E-state index in [-0.39, 0.29) is 22.6 Å². The van der Waals surface area contributed by atoms with E-state index in [1.165, 1.54) is 18.2 Å². The average molecular weight is 359 g/mol. The van der Waals surface area contributed by atoms with Crippen LogP contribution in [0.25, 0.3) is 5.69 Å². The molecule has 0 aliphatic carbocycles. The molecule has 1 heterocycles. The Morgan fingerprint density at radius 3 is 2.52 bits per heavy atom. The van der Waals surface area contributed by atoms with Crippen LogP contribution in [0.15, 0.2) is 29.1 Å². The molecule has 0 fully saturated rings. The third kappa shape index (κ3) is 3.95. The van der Waals surface area contributed by atoms with E-state index < -0.39 is 25.4 Å². The third-order valence-electron chi connectivity index (χ3n) is 3.15. The van der Waals surface area contributed by atoms with E-state index in [4.69, 9.17) is 5.73 Å². The molecule has 1 aromatic heterocycles. The zero-order chi connectivity index (χ0) is 18.8. The lowest BCUT2D eigenvalue weighted by atomic mass is 10.2. The van der Waals surface area contributed by atoms with Crippen LogP contribution >= 0.6 is 0 Å². The molecule has 0 spiro atoms. The van der Waals surface area contributed by atoms with E-state index in [2.05, 4.69) is 21.3 Å². The van der Waals surface area contributed by atoms with Crippen LogP contribution in [0, 0.1) is 17.3 Å². The molecule has 0 unspecified atom stereocenters. The van der Waals surface area contributed by atoms with Crippen molar-refractivity contribution < 1.29 is 13.9 Å². The number of benzene rings is 1. The predicted octanol–water partition coefficient (Wildman–Crippen LogP) is 1.97. The molecular weight excluding hydrogens is 341 g/mol. The van der Waals surface area contributed by atoms with Crippen LogP contribution in [0.5, 0.6) is 0 Å². The van der Waals surface area contributed by atoms with Gasteiger partial charge in [-0.3, -0.25) is 4.79 Å². The van der Waals surface area contributed by atoms with Crippen molar-refractivity contribution in [3.8, 4) is 17.2 Å². The zero-order valence-electron chi connectivity index (χ0n) is 14.4. The summed E-state index contributed by atoms with van der Waals surface area (Å²) in [4.78, 5) is 24.7. The third-order valence-corrected chi connectivity index (χ3v) is 4.03. The Morgan fingerprint density at radius 2 is 1.96 bits per heavy atom. The smallest absolute Gasteiger partial charge is 0.360 e. The van der Waals surface area contributed by atoms with Gasteiger partial charge < -0.3 is 10.5 Å². The van der Waals surface area contributed by atoms with Gasteiger partial charge in [0.05, 0.1) is 12.8 Å². The number of aromatic nitrogens is 2. The maximum absolute atomic E-state index is 14.1. The number of halogens is 1. The fourth-order valence-electron chi connectivity index (χ4n) is 1.94. The van der Waals surface area contributed by atoms with Crippen molar-refractivity contribution in [1.29, 1.82) is 0 Å². The molecule has 2 rings (SSSR count). The summed E-state index contributed by atoms with van der Waals surface area (Å²) >= 11 is 0. The van der Waals surface area contributed by atoms with Gasteiger partial charge in [-0.15, -0.1) is 5.54 Å². The molecule has 6 nitrogen and oxygen atoms in total. The van der Waals surface area contributed by atoms with Gasteiger partial charge in [0, 0.05) is 0 Å². The lowest BCUT2D eigenvalue weighted by Gasteiger charge is -2.11. The Labute approximate surface area is 145 Å². The number of nitrogens with zero attached hydrogens (tertiary/aromatic N) is 2. The Balaban J connectivity index is 2.86. The summed E-state index contributed by atoms with van der Waals surface area (Å²) in [6.45, 7) is 5.98. The number of esters is 1. The molecule has 0 aliphatic rings. The Kier molecular flexibility index (Phi) is 5.09. The lowest BCUT2D eigenvalue weighted by molar-refractivity contribution is 0.0593. The van der Waals surface area contributed by atoms with Crippen molar-refractivity contribution >= 4 is 19.7 Å². The van der Waals surface area contributed by atoms with Gasteiger partial charge in [-0.05, 0) is 12.1 Å². The molecule has 130 valence electrons. The van der Waals surface area contributed by atoms with Gasteiger partial charge in [0.2, 0.25) is 0 Å². The van der Waals surface area contributed by atoms with Gasteiger partial charge in [-0.2, -0.15) is 9.78 Å². The minimum absolute atomic E-state index is 0.0962. The summed E-state index contributed by atoms with van der Waals surface area (Å²) in [5.41, 5.74) is 7.59. The number of hydrogen-bond donors (Lipinski definition) is 1. The average Bonchev–Trinajstić information content (AvgIpc) is 2.54. The topological polar surface area (TPSA) is 87.2 Å². The van der Waals surface area contributed by atoms with Crippen molar-refractivity contribution in [3.05, 3.63) is 51.7 Å².